The summed E-state index contributed by atoms with van der Waals surface area (Å²) >= 11 is 0. The van der Waals surface area contributed by atoms with Gasteiger partial charge in [-0.3, -0.25) is 0 Å². The fourth-order valence-corrected chi connectivity index (χ4v) is 0.456. The molecule has 0 saturated carbocycles. The molecular formula is C6H11O3-. The first-order valence-corrected chi connectivity index (χ1v) is 2.98. The van der Waals surface area contributed by atoms with E-state index in [1.54, 1.807) is 6.92 Å². The largest absolute Gasteiger partial charge is 0.547 e. The molecule has 54 valence electrons. The van der Waals surface area contributed by atoms with Crippen molar-refractivity contribution >= 4 is 5.97 Å². The van der Waals surface area contributed by atoms with Crippen molar-refractivity contribution in [2.75, 3.05) is 0 Å². The average Bonchev–Trinajstić information content (AvgIpc) is 1.84. The number of aliphatic carboxylic acids is 1. The highest BCUT2D eigenvalue weighted by Crippen LogP contribution is 2.05. The van der Waals surface area contributed by atoms with Crippen molar-refractivity contribution in [2.45, 2.75) is 26.4 Å². The molecule has 0 aliphatic carbocycles. The Labute approximate surface area is 54.3 Å². The topological polar surface area (TPSA) is 60.4 Å². The number of rotatable bonds is 3. The summed E-state index contributed by atoms with van der Waals surface area (Å²) in [4.78, 5) is 9.94. The van der Waals surface area contributed by atoms with E-state index >= 15 is 0 Å². The molecule has 0 aliphatic rings. The van der Waals surface area contributed by atoms with Gasteiger partial charge < -0.3 is 15.0 Å². The maximum atomic E-state index is 9.94. The van der Waals surface area contributed by atoms with Crippen molar-refractivity contribution < 1.29 is 15.0 Å². The Balaban J connectivity index is 3.72. The molecule has 0 aromatic heterocycles. The second-order valence-electron chi connectivity index (χ2n) is 2.15. The van der Waals surface area contributed by atoms with Crippen LogP contribution >= 0.6 is 0 Å². The van der Waals surface area contributed by atoms with Gasteiger partial charge in [0.05, 0.1) is 12.1 Å². The Morgan fingerprint density at radius 1 is 1.78 bits per heavy atom. The molecule has 2 atom stereocenters. The molecule has 0 aromatic carbocycles. The molecule has 0 rings (SSSR count). The Morgan fingerprint density at radius 3 is 2.33 bits per heavy atom. The molecule has 0 fully saturated rings. The predicted molar refractivity (Wildman–Crippen MR) is 30.5 cm³/mol. The first kappa shape index (κ1) is 8.43. The van der Waals surface area contributed by atoms with Gasteiger partial charge in [0.15, 0.2) is 0 Å². The van der Waals surface area contributed by atoms with Crippen LogP contribution in [-0.2, 0) is 4.79 Å². The van der Waals surface area contributed by atoms with E-state index in [1.807, 2.05) is 6.92 Å². The molecule has 0 radical (unpaired) electrons. The molecule has 0 aromatic rings. The lowest BCUT2D eigenvalue weighted by Gasteiger charge is -2.16. The first-order valence-electron chi connectivity index (χ1n) is 2.98. The van der Waals surface area contributed by atoms with E-state index in [1.165, 1.54) is 0 Å². The number of hydrogen-bond acceptors (Lipinski definition) is 3. The smallest absolute Gasteiger partial charge is 0.0958 e. The van der Waals surface area contributed by atoms with Crippen molar-refractivity contribution in [1.29, 1.82) is 0 Å². The van der Waals surface area contributed by atoms with Gasteiger partial charge in [0.25, 0.3) is 0 Å². The third-order valence-electron chi connectivity index (χ3n) is 1.42. The minimum Gasteiger partial charge on any atom is -0.547 e. The molecule has 9 heavy (non-hydrogen) atoms. The molecule has 0 spiro atoms. The lowest BCUT2D eigenvalue weighted by atomic mass is 10.0. The molecule has 0 aliphatic heterocycles. The standard InChI is InChI=1S/C6H12O3/c1-3-4(2)5(7)6(8)9/h4-5,7H,3H2,1-2H3,(H,8,9)/p-1/t4-,5-/m1/s1. The van der Waals surface area contributed by atoms with Crippen molar-refractivity contribution in [3.63, 3.8) is 0 Å². The zero-order chi connectivity index (χ0) is 7.44. The number of hydrogen-bond donors (Lipinski definition) is 1. The van der Waals surface area contributed by atoms with E-state index in [0.717, 1.165) is 0 Å². The van der Waals surface area contributed by atoms with Gasteiger partial charge in [-0.15, -0.1) is 0 Å². The van der Waals surface area contributed by atoms with Crippen LogP contribution in [0.25, 0.3) is 0 Å². The predicted octanol–water partition coefficient (Wildman–Crippen LogP) is -0.857. The van der Waals surface area contributed by atoms with Gasteiger partial charge in [-0.05, 0) is 5.92 Å². The summed E-state index contributed by atoms with van der Waals surface area (Å²) in [5.74, 6) is -1.60. The van der Waals surface area contributed by atoms with Gasteiger partial charge in [-0.1, -0.05) is 20.3 Å². The van der Waals surface area contributed by atoms with Gasteiger partial charge in [0.1, 0.15) is 0 Å². The molecular weight excluding hydrogens is 120 g/mol. The zero-order valence-electron chi connectivity index (χ0n) is 5.63. The van der Waals surface area contributed by atoms with E-state index in [9.17, 15) is 9.90 Å². The van der Waals surface area contributed by atoms with E-state index in [4.69, 9.17) is 5.11 Å². The molecule has 0 amide bonds. The van der Waals surface area contributed by atoms with Crippen LogP contribution in [0.1, 0.15) is 20.3 Å². The number of aliphatic hydroxyl groups excluding tert-OH is 1. The number of carboxylic acid groups (broad SMARTS) is 1. The SMILES string of the molecule is CC[C@@H](C)[C@@H](O)C(=O)[O-]. The van der Waals surface area contributed by atoms with Crippen LogP contribution in [0.2, 0.25) is 0 Å². The molecule has 0 bridgehead atoms. The second kappa shape index (κ2) is 3.45. The quantitative estimate of drug-likeness (QED) is 0.542. The molecule has 0 heterocycles. The number of carboxylic acids is 1. The molecule has 1 N–H and O–H groups in total. The maximum absolute atomic E-state index is 9.94. The normalized spacial score (nSPS) is 16.8. The van der Waals surface area contributed by atoms with Crippen molar-refractivity contribution in [2.24, 2.45) is 5.92 Å². The van der Waals surface area contributed by atoms with Crippen LogP contribution < -0.4 is 5.11 Å². The fraction of sp³-hybridized carbons (Fsp3) is 0.833. The van der Waals surface area contributed by atoms with Gasteiger partial charge in [-0.2, -0.15) is 0 Å². The van der Waals surface area contributed by atoms with E-state index in [-0.39, 0.29) is 5.92 Å². The van der Waals surface area contributed by atoms with E-state index in [0.29, 0.717) is 6.42 Å². The Hall–Kier alpha value is -0.570. The zero-order valence-corrected chi connectivity index (χ0v) is 5.63. The van der Waals surface area contributed by atoms with Gasteiger partial charge in [0, 0.05) is 0 Å². The first-order chi connectivity index (χ1) is 4.09. The monoisotopic (exact) mass is 131 g/mol. The van der Waals surface area contributed by atoms with Crippen LogP contribution in [0.5, 0.6) is 0 Å². The third kappa shape index (κ3) is 2.46. The second-order valence-corrected chi connectivity index (χ2v) is 2.15. The fourth-order valence-electron chi connectivity index (χ4n) is 0.456. The van der Waals surface area contributed by atoms with Crippen LogP contribution in [0.15, 0.2) is 0 Å². The van der Waals surface area contributed by atoms with Gasteiger partial charge >= 0.3 is 0 Å². The molecule has 3 nitrogen and oxygen atoms in total. The Morgan fingerprint density at radius 2 is 2.22 bits per heavy atom. The summed E-state index contributed by atoms with van der Waals surface area (Å²) in [5, 5.41) is 18.7. The van der Waals surface area contributed by atoms with Gasteiger partial charge in [-0.25, -0.2) is 0 Å². The van der Waals surface area contributed by atoms with Crippen molar-refractivity contribution in [1.82, 2.24) is 0 Å². The molecule has 3 heteroatoms. The van der Waals surface area contributed by atoms with E-state index in [2.05, 4.69) is 0 Å². The molecule has 0 saturated heterocycles. The average molecular weight is 131 g/mol. The van der Waals surface area contributed by atoms with Gasteiger partial charge in [0.2, 0.25) is 0 Å². The summed E-state index contributed by atoms with van der Waals surface area (Å²) in [7, 11) is 0. The highest BCUT2D eigenvalue weighted by Gasteiger charge is 2.11. The van der Waals surface area contributed by atoms with Crippen LogP contribution in [-0.4, -0.2) is 17.2 Å². The molecule has 0 unspecified atom stereocenters. The summed E-state index contributed by atoms with van der Waals surface area (Å²) in [6.45, 7) is 3.48. The minimum absolute atomic E-state index is 0.213. The van der Waals surface area contributed by atoms with Crippen molar-refractivity contribution in [3.8, 4) is 0 Å². The van der Waals surface area contributed by atoms with Crippen molar-refractivity contribution in [3.05, 3.63) is 0 Å². The number of carbonyl (C=O) groups is 1. The number of aliphatic hydroxyl groups is 1. The minimum atomic E-state index is -1.38. The highest BCUT2D eigenvalue weighted by atomic mass is 16.4. The van der Waals surface area contributed by atoms with Crippen LogP contribution in [0.4, 0.5) is 0 Å². The van der Waals surface area contributed by atoms with E-state index < -0.39 is 12.1 Å². The van der Waals surface area contributed by atoms with Crippen LogP contribution in [0.3, 0.4) is 0 Å². The lowest BCUT2D eigenvalue weighted by Crippen LogP contribution is -2.39. The summed E-state index contributed by atoms with van der Waals surface area (Å²) < 4.78 is 0. The Bertz CT molecular complexity index is 100. The number of carbonyl (C=O) groups excluding carboxylic acids is 1. The van der Waals surface area contributed by atoms with Crippen LogP contribution in [0, 0.1) is 5.92 Å². The maximum Gasteiger partial charge on any atom is 0.0958 e. The third-order valence-corrected chi connectivity index (χ3v) is 1.42. The Kier molecular flexibility index (Phi) is 3.24. The summed E-state index contributed by atoms with van der Waals surface area (Å²) in [5.41, 5.74) is 0. The summed E-state index contributed by atoms with van der Waals surface area (Å²) in [6.07, 6.45) is -0.662. The summed E-state index contributed by atoms with van der Waals surface area (Å²) in [6, 6.07) is 0. The lowest BCUT2D eigenvalue weighted by molar-refractivity contribution is -0.317. The highest BCUT2D eigenvalue weighted by molar-refractivity contribution is 5.69.